The molecule has 6 nitrogen and oxygen atoms in total. The number of ketones is 1. The van der Waals surface area contributed by atoms with Gasteiger partial charge in [0.1, 0.15) is 17.1 Å². The summed E-state index contributed by atoms with van der Waals surface area (Å²) in [6.07, 6.45) is 11.3. The summed E-state index contributed by atoms with van der Waals surface area (Å²) in [6, 6.07) is 6.47. The Morgan fingerprint density at radius 1 is 1.13 bits per heavy atom. The molecule has 1 fully saturated rings. The number of phenols is 1. The summed E-state index contributed by atoms with van der Waals surface area (Å²) in [6.45, 7) is 13.3. The SMILES string of the molecule is C/C=C/[C@@H]1[C@H]2C[C@@H](C)CC[C@@H]2C(C)=C[C@H]1C(=O)c1c(O)c(-c2ccc(O)cc2)cn(CCN(CC)CC)c1=O. The van der Waals surface area contributed by atoms with Crippen LogP contribution in [0.2, 0.25) is 0 Å². The zero-order valence-corrected chi connectivity index (χ0v) is 24.1. The lowest BCUT2D eigenvalue weighted by atomic mass is 9.59. The highest BCUT2D eigenvalue weighted by atomic mass is 16.3. The van der Waals surface area contributed by atoms with Crippen LogP contribution in [-0.4, -0.2) is 45.1 Å². The van der Waals surface area contributed by atoms with Crippen LogP contribution in [0.4, 0.5) is 0 Å². The normalized spacial score (nSPS) is 25.1. The van der Waals surface area contributed by atoms with Gasteiger partial charge in [0.25, 0.3) is 5.56 Å². The number of benzene rings is 1. The highest BCUT2D eigenvalue weighted by Crippen LogP contribution is 2.49. The molecule has 2 N–H and O–H groups in total. The van der Waals surface area contributed by atoms with Crippen molar-refractivity contribution >= 4 is 5.78 Å². The molecule has 0 amide bonds. The quantitative estimate of drug-likeness (QED) is 0.294. The molecule has 2 aliphatic rings. The second-order valence-corrected chi connectivity index (χ2v) is 11.4. The Kier molecular flexibility index (Phi) is 9.16. The molecule has 0 unspecified atom stereocenters. The molecule has 0 saturated heterocycles. The van der Waals surface area contributed by atoms with Crippen molar-refractivity contribution in [2.45, 2.75) is 60.4 Å². The molecule has 4 rings (SSSR count). The van der Waals surface area contributed by atoms with E-state index in [1.54, 1.807) is 35.0 Å². The average Bonchev–Trinajstić information content (AvgIpc) is 2.92. The minimum absolute atomic E-state index is 0.0146. The molecule has 0 aliphatic heterocycles. The van der Waals surface area contributed by atoms with Crippen LogP contribution in [0, 0.1) is 29.6 Å². The second-order valence-electron chi connectivity index (χ2n) is 11.4. The van der Waals surface area contributed by atoms with E-state index in [0.29, 0.717) is 42.0 Å². The van der Waals surface area contributed by atoms with Gasteiger partial charge in [0.2, 0.25) is 0 Å². The summed E-state index contributed by atoms with van der Waals surface area (Å²) < 4.78 is 1.57. The summed E-state index contributed by atoms with van der Waals surface area (Å²) in [4.78, 5) is 30.5. The number of likely N-dealkylation sites (N-methyl/N-ethyl adjacent to an activating group) is 1. The first-order valence-electron chi connectivity index (χ1n) is 14.5. The van der Waals surface area contributed by atoms with Gasteiger partial charge < -0.3 is 19.7 Å². The molecule has 0 bridgehead atoms. The monoisotopic (exact) mass is 532 g/mol. The molecule has 5 atom stereocenters. The van der Waals surface area contributed by atoms with Crippen molar-refractivity contribution in [2.24, 2.45) is 29.6 Å². The third kappa shape index (κ3) is 5.91. The Morgan fingerprint density at radius 2 is 1.82 bits per heavy atom. The number of nitrogens with zero attached hydrogens (tertiary/aromatic N) is 2. The third-order valence-electron chi connectivity index (χ3n) is 9.04. The number of rotatable bonds is 9. The molecule has 210 valence electrons. The molecule has 1 aromatic heterocycles. The zero-order valence-electron chi connectivity index (χ0n) is 24.1. The third-order valence-corrected chi connectivity index (χ3v) is 9.04. The van der Waals surface area contributed by atoms with E-state index in [9.17, 15) is 19.8 Å². The maximum Gasteiger partial charge on any atom is 0.265 e. The van der Waals surface area contributed by atoms with Crippen LogP contribution < -0.4 is 5.56 Å². The van der Waals surface area contributed by atoms with Gasteiger partial charge in [0.15, 0.2) is 5.78 Å². The number of allylic oxidation sites excluding steroid dienone is 4. The molecule has 2 aromatic rings. The Labute approximate surface area is 232 Å². The summed E-state index contributed by atoms with van der Waals surface area (Å²) in [5.74, 6) is 0.400. The Morgan fingerprint density at radius 3 is 2.46 bits per heavy atom. The van der Waals surface area contributed by atoms with E-state index in [2.05, 4.69) is 44.7 Å². The van der Waals surface area contributed by atoms with E-state index in [-0.39, 0.29) is 28.8 Å². The molecule has 39 heavy (non-hydrogen) atoms. The number of carbonyl (C=O) groups is 1. The number of hydrogen-bond acceptors (Lipinski definition) is 5. The fraction of sp³-hybridized carbons (Fsp3) is 0.515. The van der Waals surface area contributed by atoms with Crippen molar-refractivity contribution in [3.05, 3.63) is 70.2 Å². The van der Waals surface area contributed by atoms with Gasteiger partial charge in [-0.3, -0.25) is 9.59 Å². The van der Waals surface area contributed by atoms with Crippen LogP contribution in [0.3, 0.4) is 0 Å². The first-order chi connectivity index (χ1) is 18.7. The predicted molar refractivity (Wildman–Crippen MR) is 157 cm³/mol. The van der Waals surface area contributed by atoms with Crippen molar-refractivity contribution in [1.82, 2.24) is 9.47 Å². The zero-order chi connectivity index (χ0) is 28.3. The lowest BCUT2D eigenvalue weighted by Gasteiger charge is -2.45. The van der Waals surface area contributed by atoms with Crippen LogP contribution >= 0.6 is 0 Å². The Bertz CT molecular complexity index is 1290. The predicted octanol–water partition coefficient (Wildman–Crippen LogP) is 6.27. The smallest absolute Gasteiger partial charge is 0.265 e. The van der Waals surface area contributed by atoms with E-state index >= 15 is 0 Å². The fourth-order valence-corrected chi connectivity index (χ4v) is 6.79. The van der Waals surface area contributed by atoms with Crippen LogP contribution in [0.25, 0.3) is 11.1 Å². The van der Waals surface area contributed by atoms with Crippen LogP contribution in [0.5, 0.6) is 11.5 Å². The molecule has 1 aromatic carbocycles. The molecule has 0 spiro atoms. The van der Waals surface area contributed by atoms with E-state index < -0.39 is 11.5 Å². The minimum Gasteiger partial charge on any atom is -0.508 e. The van der Waals surface area contributed by atoms with Crippen LogP contribution in [0.1, 0.15) is 64.2 Å². The van der Waals surface area contributed by atoms with Gasteiger partial charge in [-0.1, -0.05) is 63.1 Å². The van der Waals surface area contributed by atoms with E-state index in [1.165, 1.54) is 12.0 Å². The Balaban J connectivity index is 1.84. The van der Waals surface area contributed by atoms with E-state index in [1.807, 2.05) is 13.0 Å². The standard InChI is InChI=1S/C33H44N2O4/c1-6-9-26-27-18-21(4)10-15-25(27)22(5)19-28(26)31(37)30-32(38)29(23-11-13-24(36)14-12-23)20-35(33(30)39)17-16-34(7-2)8-3/h6,9,11-14,19-21,25-28,36,38H,7-8,10,15-18H2,1-5H3/b9-6+/t21-,25+,26+,27-,28+/m0/s1. The van der Waals surface area contributed by atoms with Crippen LogP contribution in [-0.2, 0) is 6.54 Å². The number of fused-ring (bicyclic) bond motifs is 1. The number of pyridine rings is 1. The Hall–Kier alpha value is -3.12. The van der Waals surface area contributed by atoms with Crippen molar-refractivity contribution in [1.29, 1.82) is 0 Å². The minimum atomic E-state index is -0.502. The molecule has 0 radical (unpaired) electrons. The lowest BCUT2D eigenvalue weighted by Crippen LogP contribution is -2.41. The molecule has 6 heteroatoms. The van der Waals surface area contributed by atoms with Gasteiger partial charge in [-0.25, -0.2) is 0 Å². The maximum atomic E-state index is 14.4. The van der Waals surface area contributed by atoms with E-state index in [0.717, 1.165) is 25.9 Å². The molecule has 1 heterocycles. The highest BCUT2D eigenvalue weighted by molar-refractivity contribution is 6.03. The largest absolute Gasteiger partial charge is 0.508 e. The molecule has 1 saturated carbocycles. The molecular formula is C33H44N2O4. The fourth-order valence-electron chi connectivity index (χ4n) is 6.79. The van der Waals surface area contributed by atoms with Gasteiger partial charge >= 0.3 is 0 Å². The van der Waals surface area contributed by atoms with Crippen LogP contribution in [0.15, 0.2) is 59.1 Å². The van der Waals surface area contributed by atoms with Crippen molar-refractivity contribution in [3.63, 3.8) is 0 Å². The van der Waals surface area contributed by atoms with Crippen molar-refractivity contribution in [3.8, 4) is 22.6 Å². The highest BCUT2D eigenvalue weighted by Gasteiger charge is 2.44. The molecule has 2 aliphatic carbocycles. The van der Waals surface area contributed by atoms with Crippen molar-refractivity contribution in [2.75, 3.05) is 19.6 Å². The van der Waals surface area contributed by atoms with Gasteiger partial charge in [-0.15, -0.1) is 0 Å². The number of phenolic OH excluding ortho intramolecular Hbond substituents is 1. The summed E-state index contributed by atoms with van der Waals surface area (Å²) in [5.41, 5.74) is 1.70. The van der Waals surface area contributed by atoms with Gasteiger partial charge in [-0.2, -0.15) is 0 Å². The van der Waals surface area contributed by atoms with Gasteiger partial charge in [-0.05, 0) is 81.1 Å². The van der Waals surface area contributed by atoms with Gasteiger partial charge in [0, 0.05) is 30.8 Å². The first-order valence-corrected chi connectivity index (χ1v) is 14.5. The summed E-state index contributed by atoms with van der Waals surface area (Å²) in [5, 5.41) is 21.3. The first kappa shape index (κ1) is 28.9. The number of hydrogen-bond donors (Lipinski definition) is 2. The topological polar surface area (TPSA) is 82.8 Å². The van der Waals surface area contributed by atoms with E-state index in [4.69, 9.17) is 0 Å². The lowest BCUT2D eigenvalue weighted by molar-refractivity contribution is 0.0802. The second kappa shape index (κ2) is 12.4. The number of carbonyl (C=O) groups excluding carboxylic acids is 1. The van der Waals surface area contributed by atoms with Crippen molar-refractivity contribution < 1.29 is 15.0 Å². The number of Topliss-reactive ketones (excluding diaryl/α,β-unsaturated/α-hetero) is 1. The maximum absolute atomic E-state index is 14.4. The number of aromatic hydroxyl groups is 2. The molecular weight excluding hydrogens is 488 g/mol. The summed E-state index contributed by atoms with van der Waals surface area (Å²) >= 11 is 0. The number of aromatic nitrogens is 1. The summed E-state index contributed by atoms with van der Waals surface area (Å²) in [7, 11) is 0. The van der Waals surface area contributed by atoms with Gasteiger partial charge in [0.05, 0.1) is 0 Å². The average molecular weight is 533 g/mol.